The van der Waals surface area contributed by atoms with Crippen molar-refractivity contribution in [1.82, 2.24) is 0 Å². The van der Waals surface area contributed by atoms with Crippen LogP contribution in [0.25, 0.3) is 0 Å². The molecule has 114 valence electrons. The molecule has 22 heavy (non-hydrogen) atoms. The van der Waals surface area contributed by atoms with Crippen molar-refractivity contribution < 1.29 is 4.79 Å². The van der Waals surface area contributed by atoms with Gasteiger partial charge in [-0.3, -0.25) is 4.79 Å². The molecular formula is C19H20ClNO. The van der Waals surface area contributed by atoms with Crippen molar-refractivity contribution in [3.63, 3.8) is 0 Å². The molecule has 1 fully saturated rings. The Hall–Kier alpha value is -1.80. The zero-order chi connectivity index (χ0) is 15.5. The molecule has 0 aliphatic carbocycles. The quantitative estimate of drug-likeness (QED) is 0.758. The molecule has 0 atom stereocenters. The first kappa shape index (κ1) is 15.1. The van der Waals surface area contributed by atoms with Gasteiger partial charge in [0.2, 0.25) is 0 Å². The van der Waals surface area contributed by atoms with Gasteiger partial charge in [-0.25, -0.2) is 0 Å². The van der Waals surface area contributed by atoms with Gasteiger partial charge >= 0.3 is 0 Å². The molecule has 3 heteroatoms. The zero-order valence-corrected chi connectivity index (χ0v) is 13.5. The molecule has 0 bridgehead atoms. The first-order chi connectivity index (χ1) is 10.6. The number of carbonyl (C=O) groups is 1. The van der Waals surface area contributed by atoms with Crippen LogP contribution in [0, 0.1) is 5.92 Å². The Balaban J connectivity index is 1.96. The summed E-state index contributed by atoms with van der Waals surface area (Å²) in [6, 6.07) is 15.0. The third-order valence-corrected chi connectivity index (χ3v) is 4.60. The van der Waals surface area contributed by atoms with Crippen LogP contribution in [0.2, 0.25) is 5.02 Å². The van der Waals surface area contributed by atoms with Crippen LogP contribution in [0.3, 0.4) is 0 Å². The van der Waals surface area contributed by atoms with Gasteiger partial charge in [0, 0.05) is 34.9 Å². The minimum absolute atomic E-state index is 0.0610. The number of rotatable bonds is 3. The molecule has 0 N–H and O–H groups in total. The number of hydrogen-bond acceptors (Lipinski definition) is 2. The smallest absolute Gasteiger partial charge is 0.195 e. The van der Waals surface area contributed by atoms with E-state index in [4.69, 9.17) is 11.6 Å². The Morgan fingerprint density at radius 2 is 1.77 bits per heavy atom. The summed E-state index contributed by atoms with van der Waals surface area (Å²) >= 11 is 6.18. The summed E-state index contributed by atoms with van der Waals surface area (Å²) in [7, 11) is 0. The maximum atomic E-state index is 12.8. The number of hydrogen-bond donors (Lipinski definition) is 0. The van der Waals surface area contributed by atoms with Crippen molar-refractivity contribution in [2.75, 3.05) is 18.0 Å². The van der Waals surface area contributed by atoms with Crippen molar-refractivity contribution in [3.8, 4) is 0 Å². The second-order valence-corrected chi connectivity index (χ2v) is 6.46. The number of nitrogens with zero attached hydrogens (tertiary/aromatic N) is 1. The lowest BCUT2D eigenvalue weighted by Gasteiger charge is -2.33. The summed E-state index contributed by atoms with van der Waals surface area (Å²) < 4.78 is 0. The van der Waals surface area contributed by atoms with E-state index in [1.807, 2.05) is 42.5 Å². The molecule has 1 heterocycles. The first-order valence-electron chi connectivity index (χ1n) is 7.79. The number of ketones is 1. The average Bonchev–Trinajstić information content (AvgIpc) is 2.56. The van der Waals surface area contributed by atoms with Gasteiger partial charge in [0.15, 0.2) is 5.78 Å². The van der Waals surface area contributed by atoms with Crippen molar-refractivity contribution >= 4 is 23.1 Å². The van der Waals surface area contributed by atoms with Crippen LogP contribution < -0.4 is 4.90 Å². The average molecular weight is 314 g/mol. The van der Waals surface area contributed by atoms with Crippen LogP contribution in [0.5, 0.6) is 0 Å². The lowest BCUT2D eigenvalue weighted by molar-refractivity contribution is 0.103. The summed E-state index contributed by atoms with van der Waals surface area (Å²) in [4.78, 5) is 15.1. The first-order valence-corrected chi connectivity index (χ1v) is 8.17. The molecule has 2 aromatic carbocycles. The molecule has 2 aromatic rings. The Kier molecular flexibility index (Phi) is 4.49. The van der Waals surface area contributed by atoms with E-state index in [2.05, 4.69) is 11.8 Å². The summed E-state index contributed by atoms with van der Waals surface area (Å²) in [6.07, 6.45) is 2.32. The number of halogens is 1. The van der Waals surface area contributed by atoms with E-state index in [0.717, 1.165) is 48.7 Å². The Labute approximate surface area is 136 Å². The van der Waals surface area contributed by atoms with Crippen LogP contribution in [-0.4, -0.2) is 18.9 Å². The molecule has 0 aromatic heterocycles. The Morgan fingerprint density at radius 3 is 2.45 bits per heavy atom. The van der Waals surface area contributed by atoms with E-state index in [-0.39, 0.29) is 5.78 Å². The lowest BCUT2D eigenvalue weighted by Crippen LogP contribution is -2.33. The third kappa shape index (κ3) is 3.17. The monoisotopic (exact) mass is 313 g/mol. The normalized spacial score (nSPS) is 15.8. The zero-order valence-electron chi connectivity index (χ0n) is 12.8. The number of carbonyl (C=O) groups excluding carboxylic acids is 1. The van der Waals surface area contributed by atoms with E-state index in [1.54, 1.807) is 6.07 Å². The number of piperidine rings is 1. The molecule has 1 aliphatic heterocycles. The van der Waals surface area contributed by atoms with Crippen molar-refractivity contribution in [2.45, 2.75) is 19.8 Å². The summed E-state index contributed by atoms with van der Waals surface area (Å²) in [6.45, 7) is 4.25. The van der Waals surface area contributed by atoms with Crippen molar-refractivity contribution in [1.29, 1.82) is 0 Å². The highest BCUT2D eigenvalue weighted by Gasteiger charge is 2.22. The second-order valence-electron chi connectivity index (χ2n) is 6.03. The van der Waals surface area contributed by atoms with E-state index in [0.29, 0.717) is 5.02 Å². The Bertz CT molecular complexity index is 660. The molecule has 0 unspecified atom stereocenters. The van der Waals surface area contributed by atoms with Gasteiger partial charge in [0.05, 0.1) is 0 Å². The van der Waals surface area contributed by atoms with Gasteiger partial charge in [-0.05, 0) is 37.0 Å². The molecule has 3 rings (SSSR count). The van der Waals surface area contributed by atoms with E-state index in [1.165, 1.54) is 0 Å². The maximum absolute atomic E-state index is 12.8. The highest BCUT2D eigenvalue weighted by atomic mass is 35.5. The fourth-order valence-corrected chi connectivity index (χ4v) is 3.12. The largest absolute Gasteiger partial charge is 0.371 e. The number of anilines is 1. The number of benzene rings is 2. The summed E-state index contributed by atoms with van der Waals surface area (Å²) in [5.74, 6) is 0.814. The predicted octanol–water partition coefficient (Wildman–Crippen LogP) is 4.81. The molecule has 0 amide bonds. The molecular weight excluding hydrogens is 294 g/mol. The fraction of sp³-hybridized carbons (Fsp3) is 0.316. The standard InChI is InChI=1S/C19H20ClNO/c1-14-9-11-21(12-10-14)18-13-16(20)7-8-17(18)19(22)15-5-3-2-4-6-15/h2-8,13-14H,9-12H2,1H3. The van der Waals surface area contributed by atoms with E-state index in [9.17, 15) is 4.79 Å². The van der Waals surface area contributed by atoms with Gasteiger partial charge in [-0.2, -0.15) is 0 Å². The van der Waals surface area contributed by atoms with Crippen LogP contribution >= 0.6 is 11.6 Å². The van der Waals surface area contributed by atoms with E-state index < -0.39 is 0 Å². The topological polar surface area (TPSA) is 20.3 Å². The minimum atomic E-state index is 0.0610. The van der Waals surface area contributed by atoms with Crippen LogP contribution in [-0.2, 0) is 0 Å². The second kappa shape index (κ2) is 6.53. The molecule has 0 radical (unpaired) electrons. The molecule has 1 aliphatic rings. The van der Waals surface area contributed by atoms with Crippen LogP contribution in [0.4, 0.5) is 5.69 Å². The van der Waals surface area contributed by atoms with Gasteiger partial charge in [-0.1, -0.05) is 48.9 Å². The lowest BCUT2D eigenvalue weighted by atomic mass is 9.96. The van der Waals surface area contributed by atoms with Crippen molar-refractivity contribution in [2.24, 2.45) is 5.92 Å². The SMILES string of the molecule is CC1CCN(c2cc(Cl)ccc2C(=O)c2ccccc2)CC1. The molecule has 2 nitrogen and oxygen atoms in total. The third-order valence-electron chi connectivity index (χ3n) is 4.36. The fourth-order valence-electron chi connectivity index (χ4n) is 2.95. The van der Waals surface area contributed by atoms with Gasteiger partial charge in [0.25, 0.3) is 0 Å². The maximum Gasteiger partial charge on any atom is 0.195 e. The van der Waals surface area contributed by atoms with E-state index >= 15 is 0 Å². The van der Waals surface area contributed by atoms with Crippen molar-refractivity contribution in [3.05, 3.63) is 64.7 Å². The summed E-state index contributed by atoms with van der Waals surface area (Å²) in [5.41, 5.74) is 2.43. The van der Waals surface area contributed by atoms with Gasteiger partial charge < -0.3 is 4.90 Å². The van der Waals surface area contributed by atoms with Crippen LogP contribution in [0.1, 0.15) is 35.7 Å². The minimum Gasteiger partial charge on any atom is -0.371 e. The molecule has 0 saturated carbocycles. The van der Waals surface area contributed by atoms with Gasteiger partial charge in [-0.15, -0.1) is 0 Å². The predicted molar refractivity (Wildman–Crippen MR) is 91.9 cm³/mol. The highest BCUT2D eigenvalue weighted by molar-refractivity contribution is 6.31. The molecule has 1 saturated heterocycles. The van der Waals surface area contributed by atoms with Crippen LogP contribution in [0.15, 0.2) is 48.5 Å². The molecule has 0 spiro atoms. The highest BCUT2D eigenvalue weighted by Crippen LogP contribution is 2.30. The Morgan fingerprint density at radius 1 is 1.09 bits per heavy atom. The summed E-state index contributed by atoms with van der Waals surface area (Å²) in [5, 5.41) is 0.679. The van der Waals surface area contributed by atoms with Gasteiger partial charge in [0.1, 0.15) is 0 Å².